The highest BCUT2D eigenvalue weighted by atomic mass is 16.5. The molecule has 0 spiro atoms. The number of nitriles is 1. The Balaban J connectivity index is 1.48. The summed E-state index contributed by atoms with van der Waals surface area (Å²) in [4.78, 5) is 49.6. The Morgan fingerprint density at radius 1 is 1.15 bits per heavy atom. The molecule has 0 bridgehead atoms. The fraction of sp³-hybridized carbons (Fsp3) is 0.632. The van der Waals surface area contributed by atoms with Gasteiger partial charge in [0.2, 0.25) is 11.8 Å². The molecule has 144 valence electrons. The number of esters is 1. The molecule has 0 unspecified atom stereocenters. The highest BCUT2D eigenvalue weighted by molar-refractivity contribution is 6.07. The van der Waals surface area contributed by atoms with Gasteiger partial charge in [-0.2, -0.15) is 5.26 Å². The van der Waals surface area contributed by atoms with Crippen LogP contribution in [0.1, 0.15) is 44.9 Å². The van der Waals surface area contributed by atoms with E-state index < -0.39 is 42.4 Å². The summed E-state index contributed by atoms with van der Waals surface area (Å²) in [5.41, 5.74) is -0.898. The normalized spacial score (nSPS) is 26.3. The monoisotopic (exact) mass is 373 g/mol. The number of amides is 3. The van der Waals surface area contributed by atoms with E-state index in [2.05, 4.69) is 11.4 Å². The van der Waals surface area contributed by atoms with E-state index in [0.29, 0.717) is 25.7 Å². The largest absolute Gasteiger partial charge is 0.454 e. The molecule has 8 heteroatoms. The first-order valence-electron chi connectivity index (χ1n) is 9.34. The number of ether oxygens (including phenoxy) is 1. The number of hydrogen-bond acceptors (Lipinski definition) is 6. The van der Waals surface area contributed by atoms with E-state index in [-0.39, 0.29) is 11.8 Å². The van der Waals surface area contributed by atoms with Gasteiger partial charge in [0.15, 0.2) is 6.61 Å². The molecule has 2 fully saturated rings. The summed E-state index contributed by atoms with van der Waals surface area (Å²) in [6, 6.07) is 2.16. The zero-order valence-corrected chi connectivity index (χ0v) is 15.1. The zero-order chi connectivity index (χ0) is 19.4. The second-order valence-electron chi connectivity index (χ2n) is 7.38. The predicted molar refractivity (Wildman–Crippen MR) is 92.6 cm³/mol. The number of rotatable bonds is 5. The molecule has 1 aliphatic heterocycles. The van der Waals surface area contributed by atoms with Gasteiger partial charge in [-0.15, -0.1) is 0 Å². The molecule has 3 amide bonds. The molecule has 0 aromatic carbocycles. The van der Waals surface area contributed by atoms with Crippen molar-refractivity contribution in [3.8, 4) is 6.07 Å². The summed E-state index contributed by atoms with van der Waals surface area (Å²) in [6.07, 6.45) is 8.66. The van der Waals surface area contributed by atoms with Crippen molar-refractivity contribution in [3.05, 3.63) is 12.2 Å². The number of hydrogen-bond donors (Lipinski definition) is 1. The minimum atomic E-state index is -0.898. The highest BCUT2D eigenvalue weighted by Gasteiger charge is 2.47. The predicted octanol–water partition coefficient (Wildman–Crippen LogP) is 0.823. The van der Waals surface area contributed by atoms with E-state index in [1.165, 1.54) is 0 Å². The molecule has 1 saturated carbocycles. The Labute approximate surface area is 157 Å². The van der Waals surface area contributed by atoms with Crippen molar-refractivity contribution < 1.29 is 23.9 Å². The van der Waals surface area contributed by atoms with Gasteiger partial charge >= 0.3 is 5.97 Å². The molecule has 1 saturated heterocycles. The van der Waals surface area contributed by atoms with Crippen LogP contribution in [0.4, 0.5) is 0 Å². The Hall–Kier alpha value is -2.69. The smallest absolute Gasteiger partial charge is 0.326 e. The SMILES string of the molecule is N#CC1(NC(=O)COC(=O)CN2C(=O)[C@H]3CC=CC[C@H]3C2=O)CCCCC1. The van der Waals surface area contributed by atoms with Crippen LogP contribution in [0.5, 0.6) is 0 Å². The molecular weight excluding hydrogens is 350 g/mol. The standard InChI is InChI=1S/C19H23N3O5/c20-12-19(8-4-1-5-9-19)21-15(23)11-27-16(24)10-22-17(25)13-6-2-3-7-14(13)18(22)26/h2-3,13-14H,1,4-11H2,(H,21,23)/t13-,14+. The fourth-order valence-electron chi connectivity index (χ4n) is 4.07. The van der Waals surface area contributed by atoms with Crippen molar-refractivity contribution in [2.24, 2.45) is 11.8 Å². The average molecular weight is 373 g/mol. The summed E-state index contributed by atoms with van der Waals surface area (Å²) in [6.45, 7) is -1.02. The van der Waals surface area contributed by atoms with Gasteiger partial charge in [-0.3, -0.25) is 24.1 Å². The zero-order valence-electron chi connectivity index (χ0n) is 15.1. The van der Waals surface area contributed by atoms with Crippen LogP contribution in [0, 0.1) is 23.2 Å². The first-order valence-corrected chi connectivity index (χ1v) is 9.34. The number of carbonyl (C=O) groups excluding carboxylic acids is 4. The second kappa shape index (κ2) is 7.91. The highest BCUT2D eigenvalue weighted by Crippen LogP contribution is 2.34. The van der Waals surface area contributed by atoms with Gasteiger partial charge < -0.3 is 10.1 Å². The Morgan fingerprint density at radius 2 is 1.74 bits per heavy atom. The molecule has 2 aliphatic carbocycles. The third-order valence-electron chi connectivity index (χ3n) is 5.55. The number of fused-ring (bicyclic) bond motifs is 1. The van der Waals surface area contributed by atoms with Crippen LogP contribution < -0.4 is 5.32 Å². The maximum Gasteiger partial charge on any atom is 0.326 e. The van der Waals surface area contributed by atoms with Crippen molar-refractivity contribution in [1.29, 1.82) is 5.26 Å². The number of likely N-dealkylation sites (tertiary alicyclic amines) is 1. The van der Waals surface area contributed by atoms with Crippen molar-refractivity contribution >= 4 is 23.7 Å². The van der Waals surface area contributed by atoms with Crippen LogP contribution in [-0.2, 0) is 23.9 Å². The Kier molecular flexibility index (Phi) is 5.59. The van der Waals surface area contributed by atoms with Crippen LogP contribution in [0.25, 0.3) is 0 Å². The van der Waals surface area contributed by atoms with E-state index >= 15 is 0 Å². The van der Waals surface area contributed by atoms with E-state index in [1.807, 2.05) is 12.2 Å². The molecule has 3 aliphatic rings. The van der Waals surface area contributed by atoms with E-state index in [1.54, 1.807) is 0 Å². The summed E-state index contributed by atoms with van der Waals surface area (Å²) in [5, 5.41) is 12.0. The maximum atomic E-state index is 12.3. The minimum Gasteiger partial charge on any atom is -0.454 e. The lowest BCUT2D eigenvalue weighted by Crippen LogP contribution is -2.50. The van der Waals surface area contributed by atoms with Crippen molar-refractivity contribution in [2.75, 3.05) is 13.2 Å². The topological polar surface area (TPSA) is 117 Å². The van der Waals surface area contributed by atoms with Crippen LogP contribution >= 0.6 is 0 Å². The van der Waals surface area contributed by atoms with E-state index in [9.17, 15) is 24.4 Å². The van der Waals surface area contributed by atoms with Crippen molar-refractivity contribution in [3.63, 3.8) is 0 Å². The molecule has 0 aromatic rings. The van der Waals surface area contributed by atoms with Crippen LogP contribution in [0.15, 0.2) is 12.2 Å². The molecule has 3 rings (SSSR count). The van der Waals surface area contributed by atoms with Crippen molar-refractivity contribution in [2.45, 2.75) is 50.5 Å². The minimum absolute atomic E-state index is 0.360. The molecule has 0 aromatic heterocycles. The number of nitrogens with zero attached hydrogens (tertiary/aromatic N) is 2. The lowest BCUT2D eigenvalue weighted by Gasteiger charge is -2.31. The van der Waals surface area contributed by atoms with E-state index in [0.717, 1.165) is 24.2 Å². The third kappa shape index (κ3) is 4.02. The molecule has 1 heterocycles. The van der Waals surface area contributed by atoms with Crippen LogP contribution in [0.3, 0.4) is 0 Å². The van der Waals surface area contributed by atoms with Gasteiger partial charge in [-0.05, 0) is 25.7 Å². The summed E-state index contributed by atoms with van der Waals surface area (Å²) < 4.78 is 4.92. The summed E-state index contributed by atoms with van der Waals surface area (Å²) in [5.74, 6) is -2.89. The quantitative estimate of drug-likeness (QED) is 0.433. The number of imide groups is 1. The van der Waals surface area contributed by atoms with Gasteiger partial charge in [0.1, 0.15) is 12.1 Å². The lowest BCUT2D eigenvalue weighted by molar-refractivity contribution is -0.155. The molecule has 1 N–H and O–H groups in total. The number of carbonyl (C=O) groups is 4. The molecule has 8 nitrogen and oxygen atoms in total. The molecule has 27 heavy (non-hydrogen) atoms. The molecule has 2 atom stereocenters. The first-order chi connectivity index (χ1) is 13.0. The van der Waals surface area contributed by atoms with Gasteiger partial charge in [-0.1, -0.05) is 31.4 Å². The summed E-state index contributed by atoms with van der Waals surface area (Å²) in [7, 11) is 0. The van der Waals surface area contributed by atoms with Gasteiger partial charge in [0, 0.05) is 0 Å². The van der Waals surface area contributed by atoms with Gasteiger partial charge in [0.25, 0.3) is 5.91 Å². The number of nitrogens with one attached hydrogen (secondary N) is 1. The van der Waals surface area contributed by atoms with E-state index in [4.69, 9.17) is 4.74 Å². The maximum absolute atomic E-state index is 12.3. The van der Waals surface area contributed by atoms with Gasteiger partial charge in [-0.25, -0.2) is 0 Å². The second-order valence-corrected chi connectivity index (χ2v) is 7.38. The lowest BCUT2D eigenvalue weighted by atomic mass is 9.83. The molecule has 0 radical (unpaired) electrons. The Bertz CT molecular complexity index is 691. The first kappa shape index (κ1) is 19.1. The third-order valence-corrected chi connectivity index (χ3v) is 5.55. The summed E-state index contributed by atoms with van der Waals surface area (Å²) >= 11 is 0. The van der Waals surface area contributed by atoms with Crippen LogP contribution in [-0.4, -0.2) is 47.3 Å². The molecular formula is C19H23N3O5. The average Bonchev–Trinajstić information content (AvgIpc) is 2.92. The number of allylic oxidation sites excluding steroid dienone is 2. The van der Waals surface area contributed by atoms with Gasteiger partial charge in [0.05, 0.1) is 17.9 Å². The van der Waals surface area contributed by atoms with Crippen molar-refractivity contribution in [1.82, 2.24) is 10.2 Å². The Morgan fingerprint density at radius 3 is 2.30 bits per heavy atom. The fourth-order valence-corrected chi connectivity index (χ4v) is 4.07. The van der Waals surface area contributed by atoms with Crippen LogP contribution in [0.2, 0.25) is 0 Å².